The average Bonchev–Trinajstić information content (AvgIpc) is 1.98. The summed E-state index contributed by atoms with van der Waals surface area (Å²) < 4.78 is 0. The molecule has 3 nitrogen and oxygen atoms in total. The summed E-state index contributed by atoms with van der Waals surface area (Å²) in [5.41, 5.74) is 0. The molecule has 68 valence electrons. The highest BCUT2D eigenvalue weighted by molar-refractivity contribution is 5.80. The lowest BCUT2D eigenvalue weighted by molar-refractivity contribution is -0.131. The number of carbonyl (C=O) groups is 1. The number of allylic oxidation sites excluding steroid dienone is 2. The number of carboxylic acid groups (broad SMARTS) is 1. The van der Waals surface area contributed by atoms with E-state index in [1.807, 2.05) is 6.92 Å². The number of hydrogen-bond donors (Lipinski definition) is 2. The molecule has 3 heteroatoms. The minimum Gasteiger partial charge on any atom is -0.478 e. The standard InChI is InChI=1S/C9H14O3/c1-2-5-8(10)6-3-4-7-9(11)12/h3-4,6-8,10H,2,5H2,1H3,(H,11,12)/b6-3+,7-4+. The molecule has 12 heavy (non-hydrogen) atoms. The van der Waals surface area contributed by atoms with Crippen LogP contribution in [0.2, 0.25) is 0 Å². The number of carboxylic acids is 1. The summed E-state index contributed by atoms with van der Waals surface area (Å²) in [7, 11) is 0. The molecule has 0 aromatic heterocycles. The third kappa shape index (κ3) is 7.02. The predicted octanol–water partition coefficient (Wildman–Crippen LogP) is 1.34. The Balaban J connectivity index is 3.67. The van der Waals surface area contributed by atoms with Gasteiger partial charge < -0.3 is 10.2 Å². The summed E-state index contributed by atoms with van der Waals surface area (Å²) in [6, 6.07) is 0. The van der Waals surface area contributed by atoms with Gasteiger partial charge in [-0.1, -0.05) is 31.6 Å². The topological polar surface area (TPSA) is 57.5 Å². The molecule has 0 saturated carbocycles. The Bertz CT molecular complexity index is 182. The van der Waals surface area contributed by atoms with Crippen LogP contribution < -0.4 is 0 Å². The van der Waals surface area contributed by atoms with Gasteiger partial charge in [0.05, 0.1) is 6.10 Å². The van der Waals surface area contributed by atoms with E-state index in [4.69, 9.17) is 10.2 Å². The summed E-state index contributed by atoms with van der Waals surface area (Å²) in [5, 5.41) is 17.3. The second-order valence-corrected chi connectivity index (χ2v) is 2.44. The van der Waals surface area contributed by atoms with E-state index in [2.05, 4.69) is 0 Å². The zero-order valence-electron chi connectivity index (χ0n) is 7.10. The Morgan fingerprint density at radius 2 is 2.17 bits per heavy atom. The fourth-order valence-electron chi connectivity index (χ4n) is 0.722. The van der Waals surface area contributed by atoms with Crippen molar-refractivity contribution in [2.24, 2.45) is 0 Å². The molecule has 0 aliphatic rings. The lowest BCUT2D eigenvalue weighted by atomic mass is 10.2. The van der Waals surface area contributed by atoms with Crippen LogP contribution in [0.3, 0.4) is 0 Å². The number of hydrogen-bond acceptors (Lipinski definition) is 2. The molecule has 0 spiro atoms. The lowest BCUT2D eigenvalue weighted by Gasteiger charge is -1.99. The molecule has 0 bridgehead atoms. The van der Waals surface area contributed by atoms with E-state index in [9.17, 15) is 4.79 Å². The van der Waals surface area contributed by atoms with Gasteiger partial charge in [0.2, 0.25) is 0 Å². The molecule has 0 aliphatic heterocycles. The zero-order valence-corrected chi connectivity index (χ0v) is 7.10. The SMILES string of the molecule is CCCC(O)/C=C/C=C/C(=O)O. The van der Waals surface area contributed by atoms with Crippen LogP contribution in [-0.4, -0.2) is 22.3 Å². The van der Waals surface area contributed by atoms with Crippen LogP contribution in [0.4, 0.5) is 0 Å². The third-order valence-electron chi connectivity index (χ3n) is 1.27. The van der Waals surface area contributed by atoms with Crippen LogP contribution in [0.5, 0.6) is 0 Å². The Hall–Kier alpha value is -1.09. The highest BCUT2D eigenvalue weighted by Crippen LogP contribution is 1.97. The van der Waals surface area contributed by atoms with Crippen molar-refractivity contribution in [1.82, 2.24) is 0 Å². The molecule has 0 fully saturated rings. The van der Waals surface area contributed by atoms with Crippen LogP contribution in [0, 0.1) is 0 Å². The Labute approximate surface area is 72.0 Å². The van der Waals surface area contributed by atoms with Gasteiger partial charge in [0.15, 0.2) is 0 Å². The van der Waals surface area contributed by atoms with Gasteiger partial charge in [-0.3, -0.25) is 0 Å². The average molecular weight is 170 g/mol. The molecule has 0 saturated heterocycles. The van der Waals surface area contributed by atoms with Crippen molar-refractivity contribution in [3.05, 3.63) is 24.3 Å². The smallest absolute Gasteiger partial charge is 0.328 e. The van der Waals surface area contributed by atoms with E-state index in [0.717, 1.165) is 12.5 Å². The molecule has 0 radical (unpaired) electrons. The van der Waals surface area contributed by atoms with Gasteiger partial charge in [-0.05, 0) is 6.42 Å². The first-order chi connectivity index (χ1) is 5.66. The fourth-order valence-corrected chi connectivity index (χ4v) is 0.722. The molecule has 0 amide bonds. The number of aliphatic hydroxyl groups is 1. The summed E-state index contributed by atoms with van der Waals surface area (Å²) in [6.45, 7) is 1.98. The molecule has 2 N–H and O–H groups in total. The van der Waals surface area contributed by atoms with Crippen molar-refractivity contribution in [3.8, 4) is 0 Å². The maximum Gasteiger partial charge on any atom is 0.328 e. The van der Waals surface area contributed by atoms with Crippen molar-refractivity contribution in [3.63, 3.8) is 0 Å². The van der Waals surface area contributed by atoms with Crippen LogP contribution in [0.15, 0.2) is 24.3 Å². The predicted molar refractivity (Wildman–Crippen MR) is 46.8 cm³/mol. The monoisotopic (exact) mass is 170 g/mol. The van der Waals surface area contributed by atoms with Crippen molar-refractivity contribution in [2.45, 2.75) is 25.9 Å². The van der Waals surface area contributed by atoms with Crippen LogP contribution in [0.25, 0.3) is 0 Å². The van der Waals surface area contributed by atoms with E-state index < -0.39 is 12.1 Å². The Morgan fingerprint density at radius 3 is 2.67 bits per heavy atom. The lowest BCUT2D eigenvalue weighted by Crippen LogP contribution is -1.99. The normalized spacial score (nSPS) is 14.2. The second kappa shape index (κ2) is 6.61. The fraction of sp³-hybridized carbons (Fsp3) is 0.444. The van der Waals surface area contributed by atoms with Crippen molar-refractivity contribution in [1.29, 1.82) is 0 Å². The van der Waals surface area contributed by atoms with Gasteiger partial charge in [-0.2, -0.15) is 0 Å². The van der Waals surface area contributed by atoms with E-state index in [-0.39, 0.29) is 0 Å². The molecular formula is C9H14O3. The minimum atomic E-state index is -0.982. The van der Waals surface area contributed by atoms with Gasteiger partial charge in [-0.15, -0.1) is 0 Å². The highest BCUT2D eigenvalue weighted by atomic mass is 16.4. The van der Waals surface area contributed by atoms with Crippen LogP contribution >= 0.6 is 0 Å². The number of aliphatic hydroxyl groups excluding tert-OH is 1. The summed E-state index contributed by atoms with van der Waals surface area (Å²) in [5.74, 6) is -0.982. The van der Waals surface area contributed by atoms with E-state index in [1.54, 1.807) is 6.08 Å². The van der Waals surface area contributed by atoms with E-state index in [0.29, 0.717) is 6.42 Å². The van der Waals surface area contributed by atoms with Gasteiger partial charge in [0.1, 0.15) is 0 Å². The molecule has 0 aliphatic carbocycles. The molecular weight excluding hydrogens is 156 g/mol. The van der Waals surface area contributed by atoms with E-state index >= 15 is 0 Å². The first-order valence-electron chi connectivity index (χ1n) is 3.92. The van der Waals surface area contributed by atoms with Gasteiger partial charge in [-0.25, -0.2) is 4.79 Å². The van der Waals surface area contributed by atoms with Gasteiger partial charge in [0.25, 0.3) is 0 Å². The van der Waals surface area contributed by atoms with Gasteiger partial charge >= 0.3 is 5.97 Å². The summed E-state index contributed by atoms with van der Waals surface area (Å²) in [6.07, 6.45) is 6.67. The van der Waals surface area contributed by atoms with Crippen molar-refractivity contribution >= 4 is 5.97 Å². The van der Waals surface area contributed by atoms with E-state index in [1.165, 1.54) is 12.2 Å². The Kier molecular flexibility index (Phi) is 6.01. The summed E-state index contributed by atoms with van der Waals surface area (Å²) in [4.78, 5) is 9.99. The second-order valence-electron chi connectivity index (χ2n) is 2.44. The van der Waals surface area contributed by atoms with Crippen molar-refractivity contribution in [2.75, 3.05) is 0 Å². The largest absolute Gasteiger partial charge is 0.478 e. The molecule has 0 heterocycles. The Morgan fingerprint density at radius 1 is 1.50 bits per heavy atom. The van der Waals surface area contributed by atoms with Gasteiger partial charge in [0, 0.05) is 6.08 Å². The van der Waals surface area contributed by atoms with Crippen LogP contribution in [-0.2, 0) is 4.79 Å². The summed E-state index contributed by atoms with van der Waals surface area (Å²) >= 11 is 0. The zero-order chi connectivity index (χ0) is 9.40. The molecule has 1 unspecified atom stereocenters. The highest BCUT2D eigenvalue weighted by Gasteiger charge is 1.93. The first-order valence-corrected chi connectivity index (χ1v) is 3.92. The molecule has 1 atom stereocenters. The molecule has 0 aromatic rings. The molecule has 0 rings (SSSR count). The number of rotatable bonds is 5. The first kappa shape index (κ1) is 10.9. The maximum atomic E-state index is 9.99. The molecule has 0 aromatic carbocycles. The number of aliphatic carboxylic acids is 1. The van der Waals surface area contributed by atoms with Crippen molar-refractivity contribution < 1.29 is 15.0 Å². The maximum absolute atomic E-state index is 9.99. The quantitative estimate of drug-likeness (QED) is 0.483. The minimum absolute atomic E-state index is 0.464. The third-order valence-corrected chi connectivity index (χ3v) is 1.27. The van der Waals surface area contributed by atoms with Crippen LogP contribution in [0.1, 0.15) is 19.8 Å².